The molecule has 0 amide bonds. The van der Waals surface area contributed by atoms with Gasteiger partial charge >= 0.3 is 0 Å². The fourth-order valence-corrected chi connectivity index (χ4v) is 3.29. The minimum Gasteiger partial charge on any atom is -0.330 e. The Hall–Kier alpha value is -0.830. The van der Waals surface area contributed by atoms with Crippen molar-refractivity contribution in [3.8, 4) is 0 Å². The van der Waals surface area contributed by atoms with Crippen molar-refractivity contribution in [2.75, 3.05) is 6.54 Å². The van der Waals surface area contributed by atoms with Crippen molar-refractivity contribution in [1.29, 1.82) is 0 Å². The summed E-state index contributed by atoms with van der Waals surface area (Å²) in [6, 6.07) is 2.61. The maximum atomic E-state index is 6.10. The molecule has 0 saturated heterocycles. The maximum absolute atomic E-state index is 6.10. The van der Waals surface area contributed by atoms with Gasteiger partial charge in [0.25, 0.3) is 0 Å². The number of hydrogen-bond acceptors (Lipinski definition) is 2. The molecule has 1 aromatic rings. The zero-order valence-corrected chi connectivity index (χ0v) is 12.7. The van der Waals surface area contributed by atoms with E-state index in [1.807, 2.05) is 0 Å². The van der Waals surface area contributed by atoms with Crippen LogP contribution in [0.1, 0.15) is 64.6 Å². The maximum Gasteiger partial charge on any atom is 0.0630 e. The molecule has 0 spiro atoms. The minimum atomic E-state index is 0.307. The van der Waals surface area contributed by atoms with E-state index in [0.29, 0.717) is 11.5 Å². The van der Waals surface area contributed by atoms with E-state index in [4.69, 9.17) is 10.8 Å². The molecule has 0 aliphatic heterocycles. The molecule has 0 radical (unpaired) electrons. The van der Waals surface area contributed by atoms with Gasteiger partial charge in [-0.15, -0.1) is 0 Å². The minimum absolute atomic E-state index is 0.307. The smallest absolute Gasteiger partial charge is 0.0630 e. The number of rotatable bonds is 5. The highest BCUT2D eigenvalue weighted by Crippen LogP contribution is 2.41. The monoisotopic (exact) mass is 263 g/mol. The summed E-state index contributed by atoms with van der Waals surface area (Å²) < 4.78 is 2.05. The molecule has 1 heterocycles. The Bertz CT molecular complexity index is 386. The Morgan fingerprint density at radius 2 is 2.11 bits per heavy atom. The third kappa shape index (κ3) is 3.38. The molecule has 0 unspecified atom stereocenters. The van der Waals surface area contributed by atoms with Crippen LogP contribution in [0.5, 0.6) is 0 Å². The van der Waals surface area contributed by atoms with Crippen molar-refractivity contribution in [1.82, 2.24) is 9.78 Å². The van der Waals surface area contributed by atoms with Crippen LogP contribution in [0.2, 0.25) is 0 Å². The first-order valence-corrected chi connectivity index (χ1v) is 7.82. The van der Waals surface area contributed by atoms with Crippen molar-refractivity contribution < 1.29 is 0 Å². The first kappa shape index (κ1) is 14.6. The van der Waals surface area contributed by atoms with Crippen LogP contribution in [0.3, 0.4) is 0 Å². The molecule has 1 aliphatic carbocycles. The van der Waals surface area contributed by atoms with E-state index in [-0.39, 0.29) is 0 Å². The van der Waals surface area contributed by atoms with E-state index in [1.54, 1.807) is 0 Å². The molecule has 0 aromatic carbocycles. The molecule has 0 bridgehead atoms. The molecule has 19 heavy (non-hydrogen) atoms. The predicted molar refractivity (Wildman–Crippen MR) is 80.1 cm³/mol. The van der Waals surface area contributed by atoms with Gasteiger partial charge in [0, 0.05) is 12.2 Å². The molecule has 1 aliphatic rings. The SMILES string of the molecule is CCC1CCC(CN)(Cc2ccn(C(C)C)n2)CC1. The summed E-state index contributed by atoms with van der Waals surface area (Å²) in [5.74, 6) is 0.924. The second-order valence-corrected chi connectivity index (χ2v) is 6.61. The van der Waals surface area contributed by atoms with E-state index >= 15 is 0 Å². The molecule has 2 rings (SSSR count). The van der Waals surface area contributed by atoms with Crippen LogP contribution in [0, 0.1) is 11.3 Å². The van der Waals surface area contributed by atoms with Gasteiger partial charge in [0.1, 0.15) is 0 Å². The molecular weight excluding hydrogens is 234 g/mol. The van der Waals surface area contributed by atoms with Crippen LogP contribution in [-0.4, -0.2) is 16.3 Å². The lowest BCUT2D eigenvalue weighted by atomic mass is 9.67. The van der Waals surface area contributed by atoms with Gasteiger partial charge in [-0.3, -0.25) is 4.68 Å². The van der Waals surface area contributed by atoms with Crippen LogP contribution >= 0.6 is 0 Å². The average molecular weight is 263 g/mol. The van der Waals surface area contributed by atoms with Gasteiger partial charge in [-0.1, -0.05) is 13.3 Å². The van der Waals surface area contributed by atoms with Crippen molar-refractivity contribution in [2.24, 2.45) is 17.1 Å². The average Bonchev–Trinajstić information content (AvgIpc) is 2.88. The Morgan fingerprint density at radius 1 is 1.42 bits per heavy atom. The molecule has 1 saturated carbocycles. The highest BCUT2D eigenvalue weighted by molar-refractivity contribution is 5.05. The van der Waals surface area contributed by atoms with Crippen molar-refractivity contribution >= 4 is 0 Å². The topological polar surface area (TPSA) is 43.8 Å². The second-order valence-electron chi connectivity index (χ2n) is 6.61. The molecule has 3 nitrogen and oxygen atoms in total. The van der Waals surface area contributed by atoms with Gasteiger partial charge < -0.3 is 5.73 Å². The van der Waals surface area contributed by atoms with Gasteiger partial charge in [0.2, 0.25) is 0 Å². The summed E-state index contributed by atoms with van der Waals surface area (Å²) in [4.78, 5) is 0. The number of nitrogens with two attached hydrogens (primary N) is 1. The number of hydrogen-bond donors (Lipinski definition) is 1. The van der Waals surface area contributed by atoms with E-state index in [9.17, 15) is 0 Å². The lowest BCUT2D eigenvalue weighted by Gasteiger charge is -2.39. The van der Waals surface area contributed by atoms with Gasteiger partial charge in [0.05, 0.1) is 5.69 Å². The third-order valence-corrected chi connectivity index (χ3v) is 4.92. The van der Waals surface area contributed by atoms with Crippen molar-refractivity contribution in [2.45, 2.75) is 65.3 Å². The summed E-state index contributed by atoms with van der Waals surface area (Å²) in [5, 5.41) is 4.70. The normalized spacial score (nSPS) is 27.9. The molecule has 108 valence electrons. The summed E-state index contributed by atoms with van der Waals surface area (Å²) >= 11 is 0. The van der Waals surface area contributed by atoms with Gasteiger partial charge in [-0.05, 0) is 69.9 Å². The molecule has 3 heteroatoms. The summed E-state index contributed by atoms with van der Waals surface area (Å²) in [6.45, 7) is 7.45. The second kappa shape index (κ2) is 6.08. The summed E-state index contributed by atoms with van der Waals surface area (Å²) in [7, 11) is 0. The largest absolute Gasteiger partial charge is 0.330 e. The number of nitrogens with zero attached hydrogens (tertiary/aromatic N) is 2. The first-order chi connectivity index (χ1) is 9.08. The molecule has 1 aromatic heterocycles. The Labute approximate surface area is 117 Å². The Morgan fingerprint density at radius 3 is 2.58 bits per heavy atom. The molecular formula is C16H29N3. The Kier molecular flexibility index (Phi) is 4.67. The highest BCUT2D eigenvalue weighted by atomic mass is 15.3. The highest BCUT2D eigenvalue weighted by Gasteiger charge is 2.34. The van der Waals surface area contributed by atoms with Gasteiger partial charge in [-0.25, -0.2) is 0 Å². The standard InChI is InChI=1S/C16H29N3/c1-4-14-5-8-16(12-17,9-6-14)11-15-7-10-19(18-15)13(2)3/h7,10,13-14H,4-6,8-9,11-12,17H2,1-3H3. The van der Waals surface area contributed by atoms with Crippen molar-refractivity contribution in [3.63, 3.8) is 0 Å². The quantitative estimate of drug-likeness (QED) is 0.883. The fraction of sp³-hybridized carbons (Fsp3) is 0.812. The third-order valence-electron chi connectivity index (χ3n) is 4.92. The lowest BCUT2D eigenvalue weighted by Crippen LogP contribution is -2.37. The van der Waals surface area contributed by atoms with E-state index in [0.717, 1.165) is 18.9 Å². The van der Waals surface area contributed by atoms with Crippen LogP contribution in [0.25, 0.3) is 0 Å². The van der Waals surface area contributed by atoms with Crippen LogP contribution in [-0.2, 0) is 6.42 Å². The molecule has 0 atom stereocenters. The van der Waals surface area contributed by atoms with Crippen LogP contribution in [0.4, 0.5) is 0 Å². The van der Waals surface area contributed by atoms with Crippen LogP contribution < -0.4 is 5.73 Å². The Balaban J connectivity index is 2.02. The van der Waals surface area contributed by atoms with Gasteiger partial charge in [-0.2, -0.15) is 5.10 Å². The first-order valence-electron chi connectivity index (χ1n) is 7.82. The summed E-state index contributed by atoms with van der Waals surface area (Å²) in [6.07, 6.45) is 9.72. The lowest BCUT2D eigenvalue weighted by molar-refractivity contribution is 0.152. The fourth-order valence-electron chi connectivity index (χ4n) is 3.29. The molecule has 1 fully saturated rings. The van der Waals surface area contributed by atoms with E-state index < -0.39 is 0 Å². The van der Waals surface area contributed by atoms with Crippen molar-refractivity contribution in [3.05, 3.63) is 18.0 Å². The zero-order valence-electron chi connectivity index (χ0n) is 12.7. The van der Waals surface area contributed by atoms with Gasteiger partial charge in [0.15, 0.2) is 0 Å². The van der Waals surface area contributed by atoms with Crippen LogP contribution in [0.15, 0.2) is 12.3 Å². The number of aromatic nitrogens is 2. The summed E-state index contributed by atoms with van der Waals surface area (Å²) in [5.41, 5.74) is 7.63. The van der Waals surface area contributed by atoms with E-state index in [2.05, 4.69) is 37.7 Å². The van der Waals surface area contributed by atoms with E-state index in [1.165, 1.54) is 37.8 Å². The predicted octanol–water partition coefficient (Wildman–Crippen LogP) is 3.55. The zero-order chi connectivity index (χ0) is 13.9. The molecule has 2 N–H and O–H groups in total.